The summed E-state index contributed by atoms with van der Waals surface area (Å²) in [6.07, 6.45) is 6.39. The van der Waals surface area contributed by atoms with E-state index in [9.17, 15) is 0 Å². The van der Waals surface area contributed by atoms with Gasteiger partial charge in [-0.05, 0) is 31.4 Å². The summed E-state index contributed by atoms with van der Waals surface area (Å²) in [5.41, 5.74) is 2.25. The molecule has 1 heterocycles. The van der Waals surface area contributed by atoms with Crippen molar-refractivity contribution in [3.05, 3.63) is 23.3 Å². The Balaban J connectivity index is 0.000000845. The van der Waals surface area contributed by atoms with Crippen LogP contribution in [0.4, 0.5) is 0 Å². The molecule has 1 aliphatic carbocycles. The van der Waals surface area contributed by atoms with Gasteiger partial charge < -0.3 is 5.32 Å². The molecule has 0 aromatic carbocycles. The molecule has 0 bridgehead atoms. The van der Waals surface area contributed by atoms with Crippen molar-refractivity contribution in [3.63, 3.8) is 0 Å². The summed E-state index contributed by atoms with van der Waals surface area (Å²) in [6, 6.07) is 2.19. The summed E-state index contributed by atoms with van der Waals surface area (Å²) in [6.45, 7) is 2.10. The monoisotopic (exact) mass is 196 g/mol. The standard InChI is InChI=1S/C10H12N2.ClH/c11-6-8-1-2-9-3-4-12-7-10(9)5-8;/h1,5,9,12H,2-4,7H2;1H. The van der Waals surface area contributed by atoms with Crippen molar-refractivity contribution in [1.82, 2.24) is 5.32 Å². The zero-order chi connectivity index (χ0) is 8.39. The Bertz CT molecular complexity index is 286. The molecule has 0 saturated carbocycles. The molecule has 1 saturated heterocycles. The van der Waals surface area contributed by atoms with Gasteiger partial charge in [0.15, 0.2) is 0 Å². The van der Waals surface area contributed by atoms with E-state index in [0.29, 0.717) is 5.92 Å². The molecule has 1 unspecified atom stereocenters. The lowest BCUT2D eigenvalue weighted by Gasteiger charge is -2.27. The van der Waals surface area contributed by atoms with Crippen LogP contribution in [0.5, 0.6) is 0 Å². The summed E-state index contributed by atoms with van der Waals surface area (Å²) in [7, 11) is 0. The van der Waals surface area contributed by atoms with Crippen LogP contribution in [0.2, 0.25) is 0 Å². The third-order valence-electron chi connectivity index (χ3n) is 2.62. The minimum absolute atomic E-state index is 0. The van der Waals surface area contributed by atoms with Gasteiger partial charge in [-0.1, -0.05) is 11.6 Å². The van der Waals surface area contributed by atoms with E-state index >= 15 is 0 Å². The fourth-order valence-corrected chi connectivity index (χ4v) is 1.88. The third-order valence-corrected chi connectivity index (χ3v) is 2.62. The van der Waals surface area contributed by atoms with E-state index in [2.05, 4.69) is 17.5 Å². The van der Waals surface area contributed by atoms with Crippen LogP contribution < -0.4 is 5.32 Å². The van der Waals surface area contributed by atoms with Gasteiger partial charge in [-0.3, -0.25) is 0 Å². The second kappa shape index (κ2) is 4.45. The lowest BCUT2D eigenvalue weighted by atomic mass is 9.84. The first-order valence-electron chi connectivity index (χ1n) is 4.41. The van der Waals surface area contributed by atoms with Crippen molar-refractivity contribution in [2.24, 2.45) is 5.92 Å². The predicted octanol–water partition coefficient (Wildman–Crippen LogP) is 1.80. The molecule has 1 aliphatic heterocycles. The highest BCUT2D eigenvalue weighted by atomic mass is 35.5. The number of hydrogen-bond acceptors (Lipinski definition) is 2. The van der Waals surface area contributed by atoms with E-state index in [4.69, 9.17) is 5.26 Å². The quantitative estimate of drug-likeness (QED) is 0.642. The number of hydrogen-bond donors (Lipinski definition) is 1. The van der Waals surface area contributed by atoms with Crippen LogP contribution in [-0.2, 0) is 0 Å². The minimum atomic E-state index is 0. The number of nitrogens with one attached hydrogen (secondary N) is 1. The predicted molar refractivity (Wildman–Crippen MR) is 54.6 cm³/mol. The van der Waals surface area contributed by atoms with Crippen LogP contribution in [0.1, 0.15) is 12.8 Å². The molecule has 2 rings (SSSR count). The second-order valence-electron chi connectivity index (χ2n) is 3.39. The average Bonchev–Trinajstić information content (AvgIpc) is 2.17. The van der Waals surface area contributed by atoms with Gasteiger partial charge in [-0.15, -0.1) is 12.4 Å². The van der Waals surface area contributed by atoms with E-state index in [0.717, 1.165) is 25.1 Å². The van der Waals surface area contributed by atoms with Crippen LogP contribution in [0, 0.1) is 17.2 Å². The number of nitrogens with zero attached hydrogens (tertiary/aromatic N) is 1. The fourth-order valence-electron chi connectivity index (χ4n) is 1.88. The molecular formula is C10H13ClN2. The molecule has 70 valence electrons. The molecule has 1 fully saturated rings. The van der Waals surface area contributed by atoms with E-state index in [1.54, 1.807) is 0 Å². The zero-order valence-electron chi connectivity index (χ0n) is 7.42. The molecule has 0 radical (unpaired) electrons. The topological polar surface area (TPSA) is 35.8 Å². The average molecular weight is 197 g/mol. The molecule has 1 N–H and O–H groups in total. The summed E-state index contributed by atoms with van der Waals surface area (Å²) >= 11 is 0. The van der Waals surface area contributed by atoms with E-state index in [1.807, 2.05) is 6.08 Å². The highest BCUT2D eigenvalue weighted by Gasteiger charge is 2.20. The summed E-state index contributed by atoms with van der Waals surface area (Å²) < 4.78 is 0. The molecule has 2 aliphatic rings. The van der Waals surface area contributed by atoms with Gasteiger partial charge in [0.05, 0.1) is 6.07 Å². The maximum Gasteiger partial charge on any atom is 0.0988 e. The minimum Gasteiger partial charge on any atom is -0.313 e. The molecule has 0 amide bonds. The molecule has 1 atom stereocenters. The lowest BCUT2D eigenvalue weighted by Crippen LogP contribution is -2.31. The van der Waals surface area contributed by atoms with Crippen molar-refractivity contribution < 1.29 is 0 Å². The second-order valence-corrected chi connectivity index (χ2v) is 3.39. The van der Waals surface area contributed by atoms with Gasteiger partial charge in [0, 0.05) is 12.1 Å². The normalized spacial score (nSPS) is 25.9. The summed E-state index contributed by atoms with van der Waals surface area (Å²) in [4.78, 5) is 0. The van der Waals surface area contributed by atoms with E-state index < -0.39 is 0 Å². The van der Waals surface area contributed by atoms with Crippen LogP contribution >= 0.6 is 12.4 Å². The Kier molecular flexibility index (Phi) is 3.53. The van der Waals surface area contributed by atoms with Crippen molar-refractivity contribution in [2.45, 2.75) is 12.8 Å². The Morgan fingerprint density at radius 1 is 1.54 bits per heavy atom. The maximum absolute atomic E-state index is 8.70. The Hall–Kier alpha value is -0.780. The molecule has 13 heavy (non-hydrogen) atoms. The number of halogens is 1. The van der Waals surface area contributed by atoms with Gasteiger partial charge in [0.2, 0.25) is 0 Å². The first-order valence-corrected chi connectivity index (χ1v) is 4.41. The van der Waals surface area contributed by atoms with Gasteiger partial charge in [-0.25, -0.2) is 0 Å². The third kappa shape index (κ3) is 2.12. The van der Waals surface area contributed by atoms with Crippen molar-refractivity contribution in [2.75, 3.05) is 13.1 Å². The molecule has 0 aromatic heterocycles. The van der Waals surface area contributed by atoms with Crippen LogP contribution in [0.25, 0.3) is 0 Å². The summed E-state index contributed by atoms with van der Waals surface area (Å²) in [5, 5.41) is 12.0. The lowest BCUT2D eigenvalue weighted by molar-refractivity contribution is 0.466. The maximum atomic E-state index is 8.70. The molecule has 3 heteroatoms. The first-order chi connectivity index (χ1) is 5.90. The van der Waals surface area contributed by atoms with Gasteiger partial charge in [0.25, 0.3) is 0 Å². The number of allylic oxidation sites excluding steroid dienone is 3. The van der Waals surface area contributed by atoms with E-state index in [-0.39, 0.29) is 12.4 Å². The Morgan fingerprint density at radius 2 is 2.38 bits per heavy atom. The number of fused-ring (bicyclic) bond motifs is 1. The SMILES string of the molecule is Cl.N#CC1=CCC2CCNCC2=C1. The highest BCUT2D eigenvalue weighted by Crippen LogP contribution is 2.27. The zero-order valence-corrected chi connectivity index (χ0v) is 8.23. The van der Waals surface area contributed by atoms with Crippen LogP contribution in [0.3, 0.4) is 0 Å². The smallest absolute Gasteiger partial charge is 0.0988 e. The van der Waals surface area contributed by atoms with Crippen molar-refractivity contribution in [3.8, 4) is 6.07 Å². The van der Waals surface area contributed by atoms with E-state index in [1.165, 1.54) is 12.0 Å². The van der Waals surface area contributed by atoms with Gasteiger partial charge in [-0.2, -0.15) is 5.26 Å². The molecular weight excluding hydrogens is 184 g/mol. The Labute approximate surface area is 84.7 Å². The fraction of sp³-hybridized carbons (Fsp3) is 0.500. The van der Waals surface area contributed by atoms with Gasteiger partial charge >= 0.3 is 0 Å². The molecule has 0 spiro atoms. The van der Waals surface area contributed by atoms with Crippen LogP contribution in [0.15, 0.2) is 23.3 Å². The summed E-state index contributed by atoms with van der Waals surface area (Å²) in [5.74, 6) is 0.711. The van der Waals surface area contributed by atoms with Gasteiger partial charge in [0.1, 0.15) is 0 Å². The number of rotatable bonds is 0. The van der Waals surface area contributed by atoms with Crippen molar-refractivity contribution >= 4 is 12.4 Å². The van der Waals surface area contributed by atoms with Crippen LogP contribution in [-0.4, -0.2) is 13.1 Å². The molecule has 0 aromatic rings. The Morgan fingerprint density at radius 3 is 3.15 bits per heavy atom. The molecule has 2 nitrogen and oxygen atoms in total. The van der Waals surface area contributed by atoms with Crippen molar-refractivity contribution in [1.29, 1.82) is 5.26 Å². The number of nitriles is 1. The number of piperidine rings is 1. The first kappa shape index (κ1) is 10.3. The highest BCUT2D eigenvalue weighted by molar-refractivity contribution is 5.85. The largest absolute Gasteiger partial charge is 0.313 e.